The first-order valence-corrected chi connectivity index (χ1v) is 9.42. The number of hydrogen-bond acceptors (Lipinski definition) is 5. The predicted octanol–water partition coefficient (Wildman–Crippen LogP) is 2.63. The third-order valence-electron chi connectivity index (χ3n) is 4.87. The van der Waals surface area contributed by atoms with Gasteiger partial charge in [0.1, 0.15) is 0 Å². The second-order valence-corrected chi connectivity index (χ2v) is 6.96. The van der Waals surface area contributed by atoms with E-state index in [1.165, 1.54) is 23.4 Å². The van der Waals surface area contributed by atoms with Crippen LogP contribution in [-0.2, 0) is 13.1 Å². The van der Waals surface area contributed by atoms with E-state index in [4.69, 9.17) is 12.2 Å². The summed E-state index contributed by atoms with van der Waals surface area (Å²) in [5.74, 6) is 0. The summed E-state index contributed by atoms with van der Waals surface area (Å²) in [6.07, 6.45) is 1.96. The summed E-state index contributed by atoms with van der Waals surface area (Å²) >= 11 is 5.49. The maximum atomic E-state index is 10.9. The second-order valence-electron chi connectivity index (χ2n) is 6.57. The monoisotopic (exact) mass is 388 g/mol. The zero-order valence-corrected chi connectivity index (χ0v) is 16.4. The van der Waals surface area contributed by atoms with Crippen LogP contribution in [0.5, 0.6) is 0 Å². The lowest BCUT2D eigenvalue weighted by Crippen LogP contribution is -2.49. The van der Waals surface area contributed by atoms with Crippen molar-refractivity contribution in [2.75, 3.05) is 31.5 Å². The van der Waals surface area contributed by atoms with E-state index in [0.717, 1.165) is 39.3 Å². The van der Waals surface area contributed by atoms with Crippen LogP contribution < -0.4 is 5.32 Å². The van der Waals surface area contributed by atoms with Crippen molar-refractivity contribution in [1.29, 1.82) is 0 Å². The Labute approximate surface area is 163 Å². The minimum atomic E-state index is -0.407. The van der Waals surface area contributed by atoms with Crippen LogP contribution in [0, 0.1) is 17.0 Å². The molecule has 8 nitrogen and oxygen atoms in total. The Morgan fingerprint density at radius 1 is 1.33 bits per heavy atom. The molecule has 0 bridgehead atoms. The summed E-state index contributed by atoms with van der Waals surface area (Å²) in [4.78, 5) is 15.0. The van der Waals surface area contributed by atoms with Crippen molar-refractivity contribution in [1.82, 2.24) is 19.6 Å². The Balaban J connectivity index is 1.52. The summed E-state index contributed by atoms with van der Waals surface area (Å²) < 4.78 is 2.02. The fourth-order valence-electron chi connectivity index (χ4n) is 3.21. The first kappa shape index (κ1) is 19.2. The Bertz CT molecular complexity index is 829. The number of nitrogens with zero attached hydrogens (tertiary/aromatic N) is 5. The van der Waals surface area contributed by atoms with E-state index in [-0.39, 0.29) is 5.69 Å². The van der Waals surface area contributed by atoms with Crippen LogP contribution >= 0.6 is 12.2 Å². The molecule has 0 unspecified atom stereocenters. The zero-order chi connectivity index (χ0) is 19.4. The van der Waals surface area contributed by atoms with Crippen molar-refractivity contribution >= 4 is 28.7 Å². The maximum absolute atomic E-state index is 10.9. The fourth-order valence-corrected chi connectivity index (χ4v) is 3.51. The number of rotatable bonds is 5. The van der Waals surface area contributed by atoms with E-state index < -0.39 is 4.92 Å². The molecule has 1 saturated heterocycles. The highest BCUT2D eigenvalue weighted by atomic mass is 32.1. The molecule has 0 spiro atoms. The van der Waals surface area contributed by atoms with Gasteiger partial charge in [-0.15, -0.1) is 0 Å². The number of nitro benzene ring substituents is 1. The minimum Gasteiger partial charge on any atom is -0.346 e. The van der Waals surface area contributed by atoms with Gasteiger partial charge in [0.2, 0.25) is 0 Å². The van der Waals surface area contributed by atoms with Crippen molar-refractivity contribution in [3.63, 3.8) is 0 Å². The lowest BCUT2D eigenvalue weighted by molar-refractivity contribution is -0.384. The van der Waals surface area contributed by atoms with Crippen molar-refractivity contribution < 1.29 is 4.92 Å². The molecule has 3 rings (SSSR count). The molecule has 0 saturated carbocycles. The average molecular weight is 388 g/mol. The first-order valence-electron chi connectivity index (χ1n) is 9.02. The number of aromatic nitrogens is 2. The van der Waals surface area contributed by atoms with Crippen molar-refractivity contribution in [2.24, 2.45) is 0 Å². The van der Waals surface area contributed by atoms with Gasteiger partial charge in [0.25, 0.3) is 5.69 Å². The molecule has 2 heterocycles. The summed E-state index contributed by atoms with van der Waals surface area (Å²) in [6.45, 7) is 9.45. The Morgan fingerprint density at radius 3 is 2.70 bits per heavy atom. The fraction of sp³-hybridized carbons (Fsp3) is 0.444. The van der Waals surface area contributed by atoms with Gasteiger partial charge in [-0.1, -0.05) is 6.07 Å². The largest absolute Gasteiger partial charge is 0.346 e. The molecule has 1 aliphatic rings. The van der Waals surface area contributed by atoms with Gasteiger partial charge < -0.3 is 10.2 Å². The number of non-ortho nitro benzene ring substituents is 1. The highest BCUT2D eigenvalue weighted by Crippen LogP contribution is 2.18. The van der Waals surface area contributed by atoms with Gasteiger partial charge in [0.05, 0.1) is 11.1 Å². The van der Waals surface area contributed by atoms with Gasteiger partial charge in [0.15, 0.2) is 5.11 Å². The Kier molecular flexibility index (Phi) is 6.02. The van der Waals surface area contributed by atoms with Crippen molar-refractivity contribution in [2.45, 2.75) is 26.9 Å². The van der Waals surface area contributed by atoms with Crippen LogP contribution in [0.2, 0.25) is 0 Å². The number of benzene rings is 1. The van der Waals surface area contributed by atoms with Gasteiger partial charge in [-0.2, -0.15) is 5.10 Å². The van der Waals surface area contributed by atoms with Crippen molar-refractivity contribution in [3.05, 3.63) is 51.8 Å². The lowest BCUT2D eigenvalue weighted by Gasteiger charge is -2.36. The molecule has 1 aromatic heterocycles. The van der Waals surface area contributed by atoms with E-state index in [2.05, 4.69) is 34.1 Å². The Morgan fingerprint density at radius 2 is 2.07 bits per heavy atom. The summed E-state index contributed by atoms with van der Waals surface area (Å²) in [5.41, 5.74) is 3.18. The van der Waals surface area contributed by atoms with E-state index in [9.17, 15) is 10.1 Å². The first-order chi connectivity index (χ1) is 13.0. The molecule has 1 aromatic carbocycles. The smallest absolute Gasteiger partial charge is 0.271 e. The van der Waals surface area contributed by atoms with Gasteiger partial charge >= 0.3 is 0 Å². The summed E-state index contributed by atoms with van der Waals surface area (Å²) in [5, 5.41) is 19.0. The summed E-state index contributed by atoms with van der Waals surface area (Å²) in [7, 11) is 0. The third kappa shape index (κ3) is 4.61. The number of nitrogens with one attached hydrogen (secondary N) is 1. The van der Waals surface area contributed by atoms with Crippen LogP contribution in [0.3, 0.4) is 0 Å². The van der Waals surface area contributed by atoms with Crippen LogP contribution in [-0.4, -0.2) is 55.8 Å². The normalized spacial score (nSPS) is 15.0. The maximum Gasteiger partial charge on any atom is 0.271 e. The van der Waals surface area contributed by atoms with Crippen LogP contribution in [0.1, 0.15) is 18.2 Å². The van der Waals surface area contributed by atoms with Gasteiger partial charge in [-0.3, -0.25) is 19.7 Å². The standard InChI is InChI=1S/C18H24N6O2S/c1-3-23-14(2)15(12-19-23)13-21-7-9-22(10-8-21)18(27)20-16-5-4-6-17(11-16)24(25)26/h4-6,11-12H,3,7-10,13H2,1-2H3,(H,20,27). The molecule has 0 radical (unpaired) electrons. The van der Waals surface area contributed by atoms with E-state index in [1.807, 2.05) is 10.9 Å². The number of anilines is 1. The van der Waals surface area contributed by atoms with E-state index >= 15 is 0 Å². The predicted molar refractivity (Wildman–Crippen MR) is 109 cm³/mol. The lowest BCUT2D eigenvalue weighted by atomic mass is 10.2. The number of thiocarbonyl (C=S) groups is 1. The second kappa shape index (κ2) is 8.45. The van der Waals surface area contributed by atoms with Gasteiger partial charge in [-0.25, -0.2) is 0 Å². The Hall–Kier alpha value is -2.52. The molecule has 0 atom stereocenters. The topological polar surface area (TPSA) is 79.5 Å². The quantitative estimate of drug-likeness (QED) is 0.479. The van der Waals surface area contributed by atoms with Gasteiger partial charge in [-0.05, 0) is 32.1 Å². The van der Waals surface area contributed by atoms with E-state index in [0.29, 0.717) is 10.8 Å². The molecule has 27 heavy (non-hydrogen) atoms. The molecule has 2 aromatic rings. The molecule has 1 aliphatic heterocycles. The molecular weight excluding hydrogens is 364 g/mol. The molecule has 144 valence electrons. The van der Waals surface area contributed by atoms with Crippen molar-refractivity contribution in [3.8, 4) is 0 Å². The minimum absolute atomic E-state index is 0.0515. The van der Waals surface area contributed by atoms with Crippen LogP contribution in [0.4, 0.5) is 11.4 Å². The number of piperazine rings is 1. The number of aryl methyl sites for hydroxylation is 1. The van der Waals surface area contributed by atoms with Gasteiger partial charge in [0, 0.05) is 68.3 Å². The molecular formula is C18H24N6O2S. The molecule has 9 heteroatoms. The number of hydrogen-bond donors (Lipinski definition) is 1. The molecule has 0 amide bonds. The highest BCUT2D eigenvalue weighted by Gasteiger charge is 2.20. The molecule has 1 fully saturated rings. The molecule has 1 N–H and O–H groups in total. The number of nitro groups is 1. The highest BCUT2D eigenvalue weighted by molar-refractivity contribution is 7.80. The van der Waals surface area contributed by atoms with Crippen LogP contribution in [0.15, 0.2) is 30.5 Å². The van der Waals surface area contributed by atoms with Crippen LogP contribution in [0.25, 0.3) is 0 Å². The summed E-state index contributed by atoms with van der Waals surface area (Å²) in [6, 6.07) is 6.40. The molecule has 0 aliphatic carbocycles. The SMILES string of the molecule is CCn1ncc(CN2CCN(C(=S)Nc3cccc([N+](=O)[O-])c3)CC2)c1C. The average Bonchev–Trinajstić information content (AvgIpc) is 3.02. The zero-order valence-electron chi connectivity index (χ0n) is 15.6. The van der Waals surface area contributed by atoms with E-state index in [1.54, 1.807) is 12.1 Å². The third-order valence-corrected chi connectivity index (χ3v) is 5.23.